The average Bonchev–Trinajstić information content (AvgIpc) is 2.75. The minimum absolute atomic E-state index is 0.0587. The lowest BCUT2D eigenvalue weighted by Gasteiger charge is -2.35. The molecule has 1 amide bonds. The fourth-order valence-corrected chi connectivity index (χ4v) is 3.76. The van der Waals surface area contributed by atoms with Crippen molar-refractivity contribution in [3.63, 3.8) is 0 Å². The number of hydrogen-bond acceptors (Lipinski definition) is 4. The summed E-state index contributed by atoms with van der Waals surface area (Å²) in [6.07, 6.45) is 3.81. The Morgan fingerprint density at radius 1 is 0.966 bits per heavy atom. The van der Waals surface area contributed by atoms with Crippen LogP contribution in [0.15, 0.2) is 48.5 Å². The van der Waals surface area contributed by atoms with Gasteiger partial charge in [0.1, 0.15) is 11.5 Å². The largest absolute Gasteiger partial charge is 0.497 e. The molecule has 1 N–H and O–H groups in total. The molecule has 2 aromatic carbocycles. The van der Waals surface area contributed by atoms with Gasteiger partial charge in [-0.1, -0.05) is 18.6 Å². The van der Waals surface area contributed by atoms with Crippen LogP contribution in [-0.2, 0) is 0 Å². The first-order valence-corrected chi connectivity index (χ1v) is 10.5. The third-order valence-corrected chi connectivity index (χ3v) is 5.28. The molecule has 1 aliphatic heterocycles. The third-order valence-electron chi connectivity index (χ3n) is 5.28. The molecule has 29 heavy (non-hydrogen) atoms. The van der Waals surface area contributed by atoms with Crippen LogP contribution in [0.25, 0.3) is 0 Å². The fraction of sp³-hybridized carbons (Fsp3) is 0.458. The zero-order valence-corrected chi connectivity index (χ0v) is 17.7. The van der Waals surface area contributed by atoms with E-state index in [9.17, 15) is 4.79 Å². The van der Waals surface area contributed by atoms with Crippen molar-refractivity contribution >= 4 is 5.91 Å². The number of nitrogens with one attached hydrogen (secondary N) is 1. The Labute approximate surface area is 174 Å². The molecular weight excluding hydrogens is 364 g/mol. The van der Waals surface area contributed by atoms with Crippen LogP contribution in [0, 0.1) is 0 Å². The van der Waals surface area contributed by atoms with E-state index in [1.54, 1.807) is 7.11 Å². The molecular formula is C24H32N2O3. The molecule has 0 unspecified atom stereocenters. The van der Waals surface area contributed by atoms with E-state index in [0.29, 0.717) is 12.1 Å². The number of piperidine rings is 1. The van der Waals surface area contributed by atoms with Crippen LogP contribution in [0.3, 0.4) is 0 Å². The summed E-state index contributed by atoms with van der Waals surface area (Å²) in [4.78, 5) is 15.2. The Morgan fingerprint density at radius 3 is 2.17 bits per heavy atom. The number of carbonyl (C=O) groups is 1. The average molecular weight is 397 g/mol. The number of carbonyl (C=O) groups excluding carboxylic acids is 1. The summed E-state index contributed by atoms with van der Waals surface area (Å²) in [5.74, 6) is 1.57. The van der Waals surface area contributed by atoms with Gasteiger partial charge in [-0.05, 0) is 81.7 Å². The summed E-state index contributed by atoms with van der Waals surface area (Å²) < 4.78 is 10.9. The Kier molecular flexibility index (Phi) is 7.53. The second kappa shape index (κ2) is 10.3. The van der Waals surface area contributed by atoms with Gasteiger partial charge in [0, 0.05) is 12.1 Å². The van der Waals surface area contributed by atoms with Gasteiger partial charge < -0.3 is 14.8 Å². The maximum absolute atomic E-state index is 12.7. The molecule has 0 bridgehead atoms. The van der Waals surface area contributed by atoms with E-state index in [2.05, 4.69) is 22.3 Å². The second-order valence-corrected chi connectivity index (χ2v) is 7.79. The third kappa shape index (κ3) is 5.97. The number of rotatable bonds is 8. The summed E-state index contributed by atoms with van der Waals surface area (Å²) in [6, 6.07) is 15.7. The first-order valence-electron chi connectivity index (χ1n) is 10.5. The number of hydrogen-bond donors (Lipinski definition) is 1. The molecule has 1 aliphatic rings. The van der Waals surface area contributed by atoms with Crippen LogP contribution in [0.1, 0.15) is 55.1 Å². The van der Waals surface area contributed by atoms with Gasteiger partial charge in [-0.25, -0.2) is 0 Å². The van der Waals surface area contributed by atoms with Gasteiger partial charge >= 0.3 is 0 Å². The van der Waals surface area contributed by atoms with Gasteiger partial charge in [-0.3, -0.25) is 9.69 Å². The minimum atomic E-state index is -0.0587. The Balaban J connectivity index is 1.67. The summed E-state index contributed by atoms with van der Waals surface area (Å²) in [6.45, 7) is 6.68. The molecule has 3 rings (SSSR count). The van der Waals surface area contributed by atoms with Crippen LogP contribution in [-0.4, -0.2) is 43.7 Å². The number of likely N-dealkylation sites (tertiary alicyclic amines) is 1. The highest BCUT2D eigenvalue weighted by molar-refractivity contribution is 5.94. The highest BCUT2D eigenvalue weighted by Crippen LogP contribution is 2.26. The summed E-state index contributed by atoms with van der Waals surface area (Å²) in [5, 5.41) is 3.13. The summed E-state index contributed by atoms with van der Waals surface area (Å²) >= 11 is 0. The second-order valence-electron chi connectivity index (χ2n) is 7.79. The quantitative estimate of drug-likeness (QED) is 0.717. The van der Waals surface area contributed by atoms with Crippen molar-refractivity contribution in [3.05, 3.63) is 59.7 Å². The van der Waals surface area contributed by atoms with Gasteiger partial charge in [-0.2, -0.15) is 0 Å². The van der Waals surface area contributed by atoms with E-state index in [1.165, 1.54) is 24.8 Å². The van der Waals surface area contributed by atoms with Gasteiger partial charge in [0.15, 0.2) is 0 Å². The van der Waals surface area contributed by atoms with Crippen LogP contribution < -0.4 is 14.8 Å². The Hall–Kier alpha value is -2.53. The Bertz CT molecular complexity index is 766. The zero-order chi connectivity index (χ0) is 20.6. The smallest absolute Gasteiger partial charge is 0.251 e. The predicted octanol–water partition coefficient (Wildman–Crippen LogP) is 4.44. The monoisotopic (exact) mass is 396 g/mol. The molecule has 5 heteroatoms. The van der Waals surface area contributed by atoms with Gasteiger partial charge in [0.05, 0.1) is 19.3 Å². The van der Waals surface area contributed by atoms with E-state index in [0.717, 1.165) is 24.6 Å². The van der Waals surface area contributed by atoms with Crippen LogP contribution in [0.2, 0.25) is 0 Å². The molecule has 5 nitrogen and oxygen atoms in total. The maximum Gasteiger partial charge on any atom is 0.251 e. The van der Waals surface area contributed by atoms with E-state index >= 15 is 0 Å². The highest BCUT2D eigenvalue weighted by Gasteiger charge is 2.23. The van der Waals surface area contributed by atoms with Crippen LogP contribution >= 0.6 is 0 Å². The molecule has 1 atom stereocenters. The number of ether oxygens (including phenoxy) is 2. The van der Waals surface area contributed by atoms with Crippen molar-refractivity contribution in [2.75, 3.05) is 26.7 Å². The number of benzene rings is 2. The number of methoxy groups -OCH3 is 1. The van der Waals surface area contributed by atoms with E-state index in [1.807, 2.05) is 50.2 Å². The van der Waals surface area contributed by atoms with Crippen molar-refractivity contribution in [2.24, 2.45) is 0 Å². The van der Waals surface area contributed by atoms with Crippen LogP contribution in [0.4, 0.5) is 0 Å². The summed E-state index contributed by atoms with van der Waals surface area (Å²) in [7, 11) is 1.68. The number of amides is 1. The van der Waals surface area contributed by atoms with Crippen molar-refractivity contribution in [1.29, 1.82) is 0 Å². The standard InChI is InChI=1S/C24H32N2O3/c1-18(2)29-22-13-9-20(10-14-22)24(27)25-17-23(26-15-5-4-6-16-26)19-7-11-21(28-3)12-8-19/h7-14,18,23H,4-6,15-17H2,1-3H3,(H,25,27)/t23-/m0/s1. The van der Waals surface area contributed by atoms with Gasteiger partial charge in [0.2, 0.25) is 0 Å². The molecule has 0 aromatic heterocycles. The van der Waals surface area contributed by atoms with E-state index in [4.69, 9.17) is 9.47 Å². The first kappa shape index (κ1) is 21.2. The van der Waals surface area contributed by atoms with Crippen molar-refractivity contribution in [3.8, 4) is 11.5 Å². The summed E-state index contributed by atoms with van der Waals surface area (Å²) in [5.41, 5.74) is 1.85. The lowest BCUT2D eigenvalue weighted by Crippen LogP contribution is -2.40. The van der Waals surface area contributed by atoms with Crippen molar-refractivity contribution in [2.45, 2.75) is 45.3 Å². The molecule has 0 saturated carbocycles. The first-order chi connectivity index (χ1) is 14.1. The highest BCUT2D eigenvalue weighted by atomic mass is 16.5. The molecule has 156 valence electrons. The minimum Gasteiger partial charge on any atom is -0.497 e. The lowest BCUT2D eigenvalue weighted by molar-refractivity contribution is 0.0924. The van der Waals surface area contributed by atoms with E-state index in [-0.39, 0.29) is 18.1 Å². The molecule has 1 saturated heterocycles. The fourth-order valence-electron chi connectivity index (χ4n) is 3.76. The normalized spacial score (nSPS) is 15.7. The molecule has 0 aliphatic carbocycles. The molecule has 0 radical (unpaired) electrons. The topological polar surface area (TPSA) is 50.8 Å². The molecule has 1 heterocycles. The van der Waals surface area contributed by atoms with Gasteiger partial charge in [0.25, 0.3) is 5.91 Å². The molecule has 2 aromatic rings. The molecule has 1 fully saturated rings. The van der Waals surface area contributed by atoms with E-state index < -0.39 is 0 Å². The van der Waals surface area contributed by atoms with Crippen molar-refractivity contribution in [1.82, 2.24) is 10.2 Å². The maximum atomic E-state index is 12.7. The zero-order valence-electron chi connectivity index (χ0n) is 17.7. The SMILES string of the molecule is COc1ccc([C@H](CNC(=O)c2ccc(OC(C)C)cc2)N2CCCCC2)cc1. The van der Waals surface area contributed by atoms with Gasteiger partial charge in [-0.15, -0.1) is 0 Å². The van der Waals surface area contributed by atoms with Crippen molar-refractivity contribution < 1.29 is 14.3 Å². The lowest BCUT2D eigenvalue weighted by atomic mass is 10.0. The number of nitrogens with zero attached hydrogens (tertiary/aromatic N) is 1. The van der Waals surface area contributed by atoms with Crippen LogP contribution in [0.5, 0.6) is 11.5 Å². The Morgan fingerprint density at radius 2 is 1.59 bits per heavy atom. The predicted molar refractivity (Wildman–Crippen MR) is 116 cm³/mol. The molecule has 0 spiro atoms.